The molecule has 1 fully saturated rings. The Kier molecular flexibility index (Phi) is 3.18. The Morgan fingerprint density at radius 1 is 1.30 bits per heavy atom. The van der Waals surface area contributed by atoms with Crippen LogP contribution in [0.1, 0.15) is 24.6 Å². The number of H-pyrrole nitrogens is 2. The standard InChI is InChI=1S/C14H16N8O/c1-21-13(9-7-15-16-8-9)19-20-14(21)22-6-2-3-11(22)10-4-5-12(23)18-17-10/h4-5,7-8,11H,2-3,6H2,1H3,(H,15,16)(H,18,23). The highest BCUT2D eigenvalue weighted by Gasteiger charge is 2.31. The molecule has 9 heteroatoms. The summed E-state index contributed by atoms with van der Waals surface area (Å²) in [5.41, 5.74) is 1.54. The molecule has 118 valence electrons. The van der Waals surface area contributed by atoms with E-state index in [1.807, 2.05) is 11.6 Å². The SMILES string of the molecule is Cn1c(-c2cn[nH]c2)nnc1N1CCCC1c1ccc(=O)[nH]n1. The topological polar surface area (TPSA) is 108 Å². The van der Waals surface area contributed by atoms with Crippen molar-refractivity contribution >= 4 is 5.95 Å². The van der Waals surface area contributed by atoms with E-state index in [2.05, 4.69) is 35.5 Å². The van der Waals surface area contributed by atoms with Crippen molar-refractivity contribution in [3.8, 4) is 11.4 Å². The molecule has 0 amide bonds. The number of anilines is 1. The van der Waals surface area contributed by atoms with Crippen molar-refractivity contribution in [2.45, 2.75) is 18.9 Å². The third kappa shape index (κ3) is 2.30. The molecule has 0 aliphatic carbocycles. The van der Waals surface area contributed by atoms with Crippen molar-refractivity contribution in [1.82, 2.24) is 35.2 Å². The first-order chi connectivity index (χ1) is 11.2. The fraction of sp³-hybridized carbons (Fsp3) is 0.357. The lowest BCUT2D eigenvalue weighted by molar-refractivity contribution is 0.652. The van der Waals surface area contributed by atoms with Gasteiger partial charge in [0.15, 0.2) is 5.82 Å². The summed E-state index contributed by atoms with van der Waals surface area (Å²) in [4.78, 5) is 13.4. The van der Waals surface area contributed by atoms with Gasteiger partial charge in [-0.05, 0) is 18.9 Å². The average molecular weight is 312 g/mol. The highest BCUT2D eigenvalue weighted by atomic mass is 16.1. The van der Waals surface area contributed by atoms with Crippen molar-refractivity contribution in [3.63, 3.8) is 0 Å². The van der Waals surface area contributed by atoms with Crippen molar-refractivity contribution in [2.24, 2.45) is 7.05 Å². The van der Waals surface area contributed by atoms with Gasteiger partial charge in [-0.3, -0.25) is 14.5 Å². The number of aromatic amines is 2. The van der Waals surface area contributed by atoms with E-state index >= 15 is 0 Å². The van der Waals surface area contributed by atoms with Crippen LogP contribution in [0, 0.1) is 0 Å². The zero-order chi connectivity index (χ0) is 15.8. The van der Waals surface area contributed by atoms with Crippen LogP contribution in [0.5, 0.6) is 0 Å². The Balaban J connectivity index is 1.69. The lowest BCUT2D eigenvalue weighted by Crippen LogP contribution is -2.27. The third-order valence-corrected chi connectivity index (χ3v) is 4.16. The molecule has 2 N–H and O–H groups in total. The fourth-order valence-corrected chi connectivity index (χ4v) is 3.05. The highest BCUT2D eigenvalue weighted by Crippen LogP contribution is 2.34. The van der Waals surface area contributed by atoms with E-state index in [-0.39, 0.29) is 11.6 Å². The van der Waals surface area contributed by atoms with Gasteiger partial charge in [0.2, 0.25) is 5.95 Å². The van der Waals surface area contributed by atoms with Gasteiger partial charge in [-0.1, -0.05) is 0 Å². The summed E-state index contributed by atoms with van der Waals surface area (Å²) < 4.78 is 1.95. The number of nitrogens with zero attached hydrogens (tertiary/aromatic N) is 6. The molecule has 1 aliphatic heterocycles. The van der Waals surface area contributed by atoms with Crippen LogP contribution in [-0.2, 0) is 7.05 Å². The average Bonchev–Trinajstić information content (AvgIpc) is 3.27. The van der Waals surface area contributed by atoms with Gasteiger partial charge in [-0.25, -0.2) is 5.10 Å². The Hall–Kier alpha value is -2.97. The van der Waals surface area contributed by atoms with Gasteiger partial charge in [0.1, 0.15) is 0 Å². The number of rotatable bonds is 3. The smallest absolute Gasteiger partial charge is 0.264 e. The Morgan fingerprint density at radius 3 is 2.96 bits per heavy atom. The van der Waals surface area contributed by atoms with Crippen molar-refractivity contribution in [1.29, 1.82) is 0 Å². The summed E-state index contributed by atoms with van der Waals surface area (Å²) >= 11 is 0. The normalized spacial score (nSPS) is 17.8. The molecule has 1 atom stereocenters. The molecule has 9 nitrogen and oxygen atoms in total. The summed E-state index contributed by atoms with van der Waals surface area (Å²) in [5, 5.41) is 22.0. The van der Waals surface area contributed by atoms with Gasteiger partial charge >= 0.3 is 0 Å². The minimum atomic E-state index is -0.195. The maximum Gasteiger partial charge on any atom is 0.264 e. The van der Waals surface area contributed by atoms with Crippen LogP contribution in [0.2, 0.25) is 0 Å². The first-order valence-electron chi connectivity index (χ1n) is 7.45. The number of hydrogen-bond acceptors (Lipinski definition) is 6. The summed E-state index contributed by atoms with van der Waals surface area (Å²) in [5.74, 6) is 1.55. The minimum Gasteiger partial charge on any atom is -0.332 e. The highest BCUT2D eigenvalue weighted by molar-refractivity contribution is 5.55. The zero-order valence-corrected chi connectivity index (χ0v) is 12.6. The summed E-state index contributed by atoms with van der Waals surface area (Å²) in [7, 11) is 1.94. The number of aromatic nitrogens is 7. The van der Waals surface area contributed by atoms with Crippen LogP contribution in [0.3, 0.4) is 0 Å². The molecule has 1 saturated heterocycles. The van der Waals surface area contributed by atoms with E-state index < -0.39 is 0 Å². The second-order valence-corrected chi connectivity index (χ2v) is 5.57. The summed E-state index contributed by atoms with van der Waals surface area (Å²) in [6.45, 7) is 0.878. The van der Waals surface area contributed by atoms with Gasteiger partial charge in [-0.2, -0.15) is 10.2 Å². The van der Waals surface area contributed by atoms with E-state index in [9.17, 15) is 4.79 Å². The van der Waals surface area contributed by atoms with Crippen LogP contribution < -0.4 is 10.5 Å². The minimum absolute atomic E-state index is 0.0898. The molecule has 0 radical (unpaired) electrons. The lowest BCUT2D eigenvalue weighted by atomic mass is 10.1. The fourth-order valence-electron chi connectivity index (χ4n) is 3.05. The molecule has 4 heterocycles. The predicted octanol–water partition coefficient (Wildman–Crippen LogP) is 0.630. The molecule has 1 unspecified atom stereocenters. The van der Waals surface area contributed by atoms with E-state index in [1.165, 1.54) is 6.07 Å². The number of nitrogens with one attached hydrogen (secondary N) is 2. The van der Waals surface area contributed by atoms with Crippen molar-refractivity contribution in [2.75, 3.05) is 11.4 Å². The molecule has 23 heavy (non-hydrogen) atoms. The molecule has 0 saturated carbocycles. The van der Waals surface area contributed by atoms with Gasteiger partial charge in [0, 0.05) is 25.9 Å². The van der Waals surface area contributed by atoms with Crippen LogP contribution in [0.25, 0.3) is 11.4 Å². The molecule has 0 spiro atoms. The molecule has 4 rings (SSSR count). The summed E-state index contributed by atoms with van der Waals surface area (Å²) in [6.07, 6.45) is 5.52. The molecule has 3 aromatic heterocycles. The van der Waals surface area contributed by atoms with Crippen LogP contribution in [-0.4, -0.2) is 41.7 Å². The van der Waals surface area contributed by atoms with Crippen molar-refractivity contribution < 1.29 is 0 Å². The third-order valence-electron chi connectivity index (χ3n) is 4.16. The predicted molar refractivity (Wildman–Crippen MR) is 82.8 cm³/mol. The Bertz CT molecular complexity index is 845. The summed E-state index contributed by atoms with van der Waals surface area (Å²) in [6, 6.07) is 3.37. The first kappa shape index (κ1) is 13.7. The molecule has 0 bridgehead atoms. The van der Waals surface area contributed by atoms with Crippen LogP contribution >= 0.6 is 0 Å². The number of hydrogen-bond donors (Lipinski definition) is 2. The largest absolute Gasteiger partial charge is 0.332 e. The molecule has 1 aliphatic rings. The van der Waals surface area contributed by atoms with Crippen molar-refractivity contribution in [3.05, 3.63) is 40.6 Å². The van der Waals surface area contributed by atoms with Gasteiger partial charge < -0.3 is 4.90 Å². The molecule has 3 aromatic rings. The van der Waals surface area contributed by atoms with E-state index in [0.717, 1.165) is 42.4 Å². The second kappa shape index (κ2) is 5.34. The lowest BCUT2D eigenvalue weighted by Gasteiger charge is -2.24. The van der Waals surface area contributed by atoms with Crippen LogP contribution in [0.15, 0.2) is 29.3 Å². The second-order valence-electron chi connectivity index (χ2n) is 5.57. The monoisotopic (exact) mass is 312 g/mol. The van der Waals surface area contributed by atoms with Gasteiger partial charge in [0.05, 0.1) is 23.5 Å². The Labute approximate surface area is 131 Å². The molecular weight excluding hydrogens is 296 g/mol. The van der Waals surface area contributed by atoms with E-state index in [0.29, 0.717) is 0 Å². The Morgan fingerprint density at radius 2 is 2.22 bits per heavy atom. The molecule has 0 aromatic carbocycles. The van der Waals surface area contributed by atoms with E-state index in [1.54, 1.807) is 18.5 Å². The van der Waals surface area contributed by atoms with Gasteiger partial charge in [-0.15, -0.1) is 10.2 Å². The maximum absolute atomic E-state index is 11.2. The zero-order valence-electron chi connectivity index (χ0n) is 12.6. The first-order valence-corrected chi connectivity index (χ1v) is 7.45. The van der Waals surface area contributed by atoms with Crippen LogP contribution in [0.4, 0.5) is 5.95 Å². The van der Waals surface area contributed by atoms with E-state index in [4.69, 9.17) is 0 Å². The quantitative estimate of drug-likeness (QED) is 0.734. The maximum atomic E-state index is 11.2. The molecular formula is C14H16N8O. The van der Waals surface area contributed by atoms with Gasteiger partial charge in [0.25, 0.3) is 5.56 Å².